The van der Waals surface area contributed by atoms with Crippen molar-refractivity contribution in [1.82, 2.24) is 14.8 Å². The zero-order valence-corrected chi connectivity index (χ0v) is 14.6. The predicted octanol–water partition coefficient (Wildman–Crippen LogP) is 2.25. The van der Waals surface area contributed by atoms with E-state index in [2.05, 4.69) is 22.0 Å². The normalized spacial score (nSPS) is 23.0. The lowest BCUT2D eigenvalue weighted by atomic mass is 9.86. The van der Waals surface area contributed by atoms with Crippen LogP contribution in [-0.4, -0.2) is 46.9 Å². The highest BCUT2D eigenvalue weighted by molar-refractivity contribution is 5.94. The topological polar surface area (TPSA) is 56.4 Å². The smallest absolute Gasteiger partial charge is 0.260 e. The minimum absolute atomic E-state index is 0.0878. The van der Waals surface area contributed by atoms with Crippen LogP contribution < -0.4 is 5.56 Å². The quantitative estimate of drug-likeness (QED) is 0.919. The summed E-state index contributed by atoms with van der Waals surface area (Å²) >= 11 is 0. The van der Waals surface area contributed by atoms with Gasteiger partial charge in [-0.25, -0.2) is 4.39 Å². The molecule has 2 saturated heterocycles. The summed E-state index contributed by atoms with van der Waals surface area (Å²) in [4.78, 5) is 30.9. The van der Waals surface area contributed by atoms with Crippen LogP contribution in [0.3, 0.4) is 0 Å². The highest BCUT2D eigenvalue weighted by Gasteiger charge is 2.44. The van der Waals surface area contributed by atoms with Crippen LogP contribution in [0.15, 0.2) is 47.4 Å². The molecule has 1 unspecified atom stereocenters. The zero-order valence-electron chi connectivity index (χ0n) is 14.6. The number of nitrogens with one attached hydrogen (secondary N) is 1. The fourth-order valence-corrected chi connectivity index (χ4v) is 4.23. The van der Waals surface area contributed by atoms with Crippen molar-refractivity contribution in [2.45, 2.75) is 19.4 Å². The van der Waals surface area contributed by atoms with Crippen molar-refractivity contribution in [3.63, 3.8) is 0 Å². The third kappa shape index (κ3) is 3.29. The second-order valence-electron chi connectivity index (χ2n) is 7.48. The van der Waals surface area contributed by atoms with Crippen molar-refractivity contribution < 1.29 is 9.18 Å². The lowest BCUT2D eigenvalue weighted by Gasteiger charge is -2.25. The summed E-state index contributed by atoms with van der Waals surface area (Å²) in [5, 5.41) is 0. The number of benzene rings is 1. The molecule has 2 fully saturated rings. The van der Waals surface area contributed by atoms with Gasteiger partial charge >= 0.3 is 0 Å². The van der Waals surface area contributed by atoms with Gasteiger partial charge in [-0.1, -0.05) is 30.3 Å². The summed E-state index contributed by atoms with van der Waals surface area (Å²) in [5.74, 6) is -0.971. The van der Waals surface area contributed by atoms with Gasteiger partial charge in [-0.2, -0.15) is 0 Å². The van der Waals surface area contributed by atoms with E-state index in [1.54, 1.807) is 4.90 Å². The number of pyridine rings is 1. The van der Waals surface area contributed by atoms with Gasteiger partial charge in [0, 0.05) is 37.8 Å². The molecule has 6 heteroatoms. The first-order valence-electron chi connectivity index (χ1n) is 8.99. The zero-order chi connectivity index (χ0) is 18.1. The van der Waals surface area contributed by atoms with E-state index in [4.69, 9.17) is 0 Å². The summed E-state index contributed by atoms with van der Waals surface area (Å²) in [6.45, 7) is 4.13. The molecule has 2 aliphatic rings. The molecular formula is C20H22FN3O2. The minimum atomic E-state index is -0.600. The first-order valence-corrected chi connectivity index (χ1v) is 8.99. The van der Waals surface area contributed by atoms with E-state index >= 15 is 0 Å². The van der Waals surface area contributed by atoms with Crippen molar-refractivity contribution >= 4 is 5.91 Å². The molecule has 26 heavy (non-hydrogen) atoms. The molecular weight excluding hydrogens is 333 g/mol. The van der Waals surface area contributed by atoms with Crippen LogP contribution in [0.4, 0.5) is 4.39 Å². The summed E-state index contributed by atoms with van der Waals surface area (Å²) in [6.07, 6.45) is 2.95. The van der Waals surface area contributed by atoms with E-state index in [0.29, 0.717) is 13.1 Å². The van der Waals surface area contributed by atoms with Crippen molar-refractivity contribution in [1.29, 1.82) is 0 Å². The van der Waals surface area contributed by atoms with Crippen molar-refractivity contribution in [2.75, 3.05) is 26.2 Å². The lowest BCUT2D eigenvalue weighted by Crippen LogP contribution is -2.36. The molecule has 1 aromatic heterocycles. The van der Waals surface area contributed by atoms with Crippen LogP contribution >= 0.6 is 0 Å². The summed E-state index contributed by atoms with van der Waals surface area (Å²) in [7, 11) is 0. The van der Waals surface area contributed by atoms with E-state index in [1.165, 1.54) is 5.56 Å². The van der Waals surface area contributed by atoms with Gasteiger partial charge in [0.05, 0.1) is 0 Å². The Hall–Kier alpha value is -2.47. The Morgan fingerprint density at radius 2 is 1.92 bits per heavy atom. The Balaban J connectivity index is 1.43. The van der Waals surface area contributed by atoms with Crippen molar-refractivity contribution in [3.05, 3.63) is 69.9 Å². The highest BCUT2D eigenvalue weighted by atomic mass is 19.1. The Bertz CT molecular complexity index is 867. The lowest BCUT2D eigenvalue weighted by molar-refractivity contribution is 0.0770. The second kappa shape index (κ2) is 6.68. The number of nitrogens with zero attached hydrogens (tertiary/aromatic N) is 2. The largest absolute Gasteiger partial charge is 0.338 e. The SMILES string of the molecule is O=C(c1cc(F)c[nH]c1=O)N1CCC2(CCN(Cc3ccccc3)C2)C1. The molecule has 0 aliphatic carbocycles. The van der Waals surface area contributed by atoms with E-state index in [-0.39, 0.29) is 16.9 Å². The van der Waals surface area contributed by atoms with Gasteiger partial charge in [0.15, 0.2) is 0 Å². The van der Waals surface area contributed by atoms with Crippen LogP contribution in [-0.2, 0) is 6.54 Å². The molecule has 1 aromatic carbocycles. The number of halogens is 1. The Labute approximate surface area is 151 Å². The van der Waals surface area contributed by atoms with E-state index < -0.39 is 11.4 Å². The number of carbonyl (C=O) groups excluding carboxylic acids is 1. The molecule has 1 amide bonds. The van der Waals surface area contributed by atoms with Gasteiger partial charge in [-0.3, -0.25) is 14.5 Å². The first-order chi connectivity index (χ1) is 12.5. The van der Waals surface area contributed by atoms with Crippen LogP contribution in [0.2, 0.25) is 0 Å². The maximum absolute atomic E-state index is 13.4. The molecule has 2 aliphatic heterocycles. The van der Waals surface area contributed by atoms with Gasteiger partial charge in [-0.15, -0.1) is 0 Å². The number of aromatic nitrogens is 1. The molecule has 136 valence electrons. The fraction of sp³-hybridized carbons (Fsp3) is 0.400. The molecule has 0 radical (unpaired) electrons. The Kier molecular flexibility index (Phi) is 4.36. The number of carbonyl (C=O) groups is 1. The number of amides is 1. The molecule has 2 aromatic rings. The summed E-state index contributed by atoms with van der Waals surface area (Å²) in [5.41, 5.74) is 0.738. The molecule has 1 atom stereocenters. The number of hydrogen-bond acceptors (Lipinski definition) is 3. The molecule has 0 saturated carbocycles. The maximum Gasteiger partial charge on any atom is 0.260 e. The molecule has 4 rings (SSSR count). The van der Waals surface area contributed by atoms with Crippen LogP contribution in [0, 0.1) is 11.2 Å². The Morgan fingerprint density at radius 1 is 1.15 bits per heavy atom. The molecule has 0 bridgehead atoms. The van der Waals surface area contributed by atoms with Gasteiger partial charge in [-0.05, 0) is 31.0 Å². The highest BCUT2D eigenvalue weighted by Crippen LogP contribution is 2.40. The third-order valence-corrected chi connectivity index (χ3v) is 5.59. The van der Waals surface area contributed by atoms with E-state index in [1.807, 2.05) is 18.2 Å². The van der Waals surface area contributed by atoms with Crippen LogP contribution in [0.5, 0.6) is 0 Å². The molecule has 5 nitrogen and oxygen atoms in total. The summed E-state index contributed by atoms with van der Waals surface area (Å²) in [6, 6.07) is 11.4. The number of likely N-dealkylation sites (tertiary alicyclic amines) is 2. The first kappa shape index (κ1) is 17.0. The fourth-order valence-electron chi connectivity index (χ4n) is 4.23. The third-order valence-electron chi connectivity index (χ3n) is 5.59. The van der Waals surface area contributed by atoms with E-state index in [0.717, 1.165) is 44.7 Å². The van der Waals surface area contributed by atoms with Crippen LogP contribution in [0.25, 0.3) is 0 Å². The number of hydrogen-bond donors (Lipinski definition) is 1. The molecule has 1 spiro atoms. The van der Waals surface area contributed by atoms with Crippen molar-refractivity contribution in [3.8, 4) is 0 Å². The molecule has 1 N–H and O–H groups in total. The van der Waals surface area contributed by atoms with Gasteiger partial charge in [0.2, 0.25) is 0 Å². The summed E-state index contributed by atoms with van der Waals surface area (Å²) < 4.78 is 13.4. The van der Waals surface area contributed by atoms with E-state index in [9.17, 15) is 14.0 Å². The molecule has 3 heterocycles. The van der Waals surface area contributed by atoms with Gasteiger partial charge < -0.3 is 9.88 Å². The monoisotopic (exact) mass is 355 g/mol. The number of rotatable bonds is 3. The minimum Gasteiger partial charge on any atom is -0.338 e. The second-order valence-corrected chi connectivity index (χ2v) is 7.48. The van der Waals surface area contributed by atoms with Crippen LogP contribution in [0.1, 0.15) is 28.8 Å². The average molecular weight is 355 g/mol. The van der Waals surface area contributed by atoms with Gasteiger partial charge in [0.1, 0.15) is 11.4 Å². The number of aromatic amines is 1. The van der Waals surface area contributed by atoms with Gasteiger partial charge in [0.25, 0.3) is 11.5 Å². The van der Waals surface area contributed by atoms with Crippen molar-refractivity contribution in [2.24, 2.45) is 5.41 Å². The Morgan fingerprint density at radius 3 is 2.73 bits per heavy atom. The average Bonchev–Trinajstić information content (AvgIpc) is 3.24. The number of H-pyrrole nitrogens is 1. The standard InChI is InChI=1S/C20H22FN3O2/c21-16-10-17(18(25)22-11-16)19(26)24-9-7-20(14-24)6-8-23(13-20)12-15-4-2-1-3-5-15/h1-5,10-11H,6-9,12-14H2,(H,22,25). The predicted molar refractivity (Wildman–Crippen MR) is 96.3 cm³/mol. The maximum atomic E-state index is 13.4.